The molecule has 4 rings (SSSR count). The fourth-order valence-corrected chi connectivity index (χ4v) is 4.04. The Morgan fingerprint density at radius 2 is 1.90 bits per heavy atom. The second-order valence-corrected chi connectivity index (χ2v) is 8.26. The lowest BCUT2D eigenvalue weighted by Gasteiger charge is -2.32. The van der Waals surface area contributed by atoms with Crippen molar-refractivity contribution < 1.29 is 9.84 Å². The van der Waals surface area contributed by atoms with Crippen molar-refractivity contribution in [3.05, 3.63) is 46.0 Å². The van der Waals surface area contributed by atoms with Crippen LogP contribution in [0.1, 0.15) is 30.4 Å². The lowest BCUT2D eigenvalue weighted by Crippen LogP contribution is -2.44. The van der Waals surface area contributed by atoms with E-state index in [1.807, 2.05) is 25.1 Å². The minimum Gasteiger partial charge on any atom is -0.493 e. The summed E-state index contributed by atoms with van der Waals surface area (Å²) in [5, 5.41) is 14.8. The van der Waals surface area contributed by atoms with Gasteiger partial charge in [0.25, 0.3) is 0 Å². The summed E-state index contributed by atoms with van der Waals surface area (Å²) in [6.07, 6.45) is 3.87. The van der Waals surface area contributed by atoms with E-state index in [0.717, 1.165) is 68.2 Å². The number of nitrogens with zero attached hydrogens (tertiary/aromatic N) is 5. The summed E-state index contributed by atoms with van der Waals surface area (Å²) in [6.45, 7) is 8.48. The highest BCUT2D eigenvalue weighted by Gasteiger charge is 2.19. The third-order valence-corrected chi connectivity index (χ3v) is 5.91. The van der Waals surface area contributed by atoms with Crippen molar-refractivity contribution >= 4 is 5.71 Å². The third kappa shape index (κ3) is 4.60. The molecule has 1 saturated heterocycles. The maximum atomic E-state index is 12.8. The van der Waals surface area contributed by atoms with Crippen molar-refractivity contribution in [2.45, 2.75) is 32.7 Å². The minimum absolute atomic E-state index is 0.0412. The van der Waals surface area contributed by atoms with Crippen LogP contribution < -0.4 is 10.4 Å². The zero-order chi connectivity index (χ0) is 21.1. The van der Waals surface area contributed by atoms with E-state index in [1.54, 1.807) is 0 Å². The topological polar surface area (TPSA) is 75.2 Å². The first kappa shape index (κ1) is 20.7. The number of aromatic hydroxyl groups is 1. The molecule has 8 heteroatoms. The Morgan fingerprint density at radius 3 is 2.70 bits per heavy atom. The summed E-state index contributed by atoms with van der Waals surface area (Å²) < 4.78 is 8.36. The summed E-state index contributed by atoms with van der Waals surface area (Å²) in [4.78, 5) is 17.6. The van der Waals surface area contributed by atoms with Gasteiger partial charge < -0.3 is 19.6 Å². The van der Waals surface area contributed by atoms with Crippen molar-refractivity contribution in [2.24, 2.45) is 5.10 Å². The van der Waals surface area contributed by atoms with E-state index in [1.165, 1.54) is 15.4 Å². The zero-order valence-corrected chi connectivity index (χ0v) is 17.9. The number of benzene rings is 1. The Bertz CT molecular complexity index is 970. The van der Waals surface area contributed by atoms with Crippen LogP contribution in [0.5, 0.6) is 11.6 Å². The predicted octanol–water partition coefficient (Wildman–Crippen LogP) is 1.73. The van der Waals surface area contributed by atoms with Gasteiger partial charge in [-0.2, -0.15) is 9.78 Å². The third-order valence-electron chi connectivity index (χ3n) is 5.91. The monoisotopic (exact) mass is 413 g/mol. The molecule has 2 aliphatic rings. The minimum atomic E-state index is -0.305. The van der Waals surface area contributed by atoms with Crippen LogP contribution in [0.4, 0.5) is 0 Å². The van der Waals surface area contributed by atoms with E-state index in [4.69, 9.17) is 4.74 Å². The number of imidazole rings is 1. The molecule has 1 aromatic heterocycles. The molecule has 0 amide bonds. The number of aryl methyl sites for hydroxylation is 1. The normalized spacial score (nSPS) is 19.1. The van der Waals surface area contributed by atoms with Gasteiger partial charge in [0, 0.05) is 44.7 Å². The van der Waals surface area contributed by atoms with E-state index < -0.39 is 0 Å². The molecule has 8 nitrogen and oxygen atoms in total. The second kappa shape index (κ2) is 9.06. The molecule has 1 aromatic carbocycles. The van der Waals surface area contributed by atoms with Gasteiger partial charge in [-0.3, -0.25) is 4.57 Å². The molecule has 1 fully saturated rings. The maximum absolute atomic E-state index is 12.8. The lowest BCUT2D eigenvalue weighted by atomic mass is 10.0. The molecule has 162 valence electrons. The summed E-state index contributed by atoms with van der Waals surface area (Å²) >= 11 is 0. The molecule has 0 unspecified atom stereocenters. The number of hydrogen-bond donors (Lipinski definition) is 1. The Hall–Kier alpha value is -2.58. The Kier molecular flexibility index (Phi) is 6.24. The van der Waals surface area contributed by atoms with Crippen molar-refractivity contribution in [2.75, 3.05) is 46.4 Å². The molecule has 0 saturated carbocycles. The molecule has 0 atom stereocenters. The number of hydrogen-bond acceptors (Lipinski definition) is 6. The lowest BCUT2D eigenvalue weighted by molar-refractivity contribution is 0.151. The van der Waals surface area contributed by atoms with Gasteiger partial charge in [0.1, 0.15) is 5.75 Å². The summed E-state index contributed by atoms with van der Waals surface area (Å²) in [5.41, 5.74) is 2.52. The summed E-state index contributed by atoms with van der Waals surface area (Å²) in [5.74, 6) is 0.742. The first-order valence-corrected chi connectivity index (χ1v) is 10.7. The quantitative estimate of drug-likeness (QED) is 0.730. The summed E-state index contributed by atoms with van der Waals surface area (Å²) in [6, 6.07) is 5.96. The molecular weight excluding hydrogens is 382 g/mol. The maximum Gasteiger partial charge on any atom is 0.351 e. The standard InChI is InChI=1S/C22H31N5O3/c1-17-5-6-20-18(15-17)19(7-14-30-20)23-27-16-21(28)26(22(27)29)9-4-3-8-25-12-10-24(2)11-13-25/h5-6,15-16,28H,3-4,7-14H2,1-2H3/b23-19+. The van der Waals surface area contributed by atoms with Crippen LogP contribution in [0.15, 0.2) is 34.3 Å². The molecular formula is C22H31N5O3. The average Bonchev–Trinajstić information content (AvgIpc) is 3.00. The number of aromatic nitrogens is 2. The van der Waals surface area contributed by atoms with Gasteiger partial charge in [-0.15, -0.1) is 0 Å². The number of unbranched alkanes of at least 4 members (excludes halogenated alkanes) is 1. The average molecular weight is 414 g/mol. The predicted molar refractivity (Wildman–Crippen MR) is 117 cm³/mol. The van der Waals surface area contributed by atoms with Crippen LogP contribution in [0, 0.1) is 6.92 Å². The van der Waals surface area contributed by atoms with E-state index in [2.05, 4.69) is 21.9 Å². The largest absolute Gasteiger partial charge is 0.493 e. The highest BCUT2D eigenvalue weighted by Crippen LogP contribution is 2.26. The molecule has 1 N–H and O–H groups in total. The number of likely N-dealkylation sites (N-methyl/N-ethyl adjacent to an activating group) is 1. The van der Waals surface area contributed by atoms with Gasteiger partial charge in [0.15, 0.2) is 0 Å². The second-order valence-electron chi connectivity index (χ2n) is 8.26. The van der Waals surface area contributed by atoms with Crippen LogP contribution in [-0.4, -0.2) is 76.2 Å². The van der Waals surface area contributed by atoms with Gasteiger partial charge in [0.2, 0.25) is 5.88 Å². The van der Waals surface area contributed by atoms with E-state index in [0.29, 0.717) is 19.6 Å². The van der Waals surface area contributed by atoms with Gasteiger partial charge >= 0.3 is 5.69 Å². The number of piperazine rings is 1. The fourth-order valence-electron chi connectivity index (χ4n) is 4.04. The van der Waals surface area contributed by atoms with Crippen LogP contribution in [0.25, 0.3) is 0 Å². The Morgan fingerprint density at radius 1 is 1.13 bits per heavy atom. The molecule has 0 bridgehead atoms. The molecule has 30 heavy (non-hydrogen) atoms. The van der Waals surface area contributed by atoms with Crippen molar-refractivity contribution in [3.8, 4) is 11.6 Å². The van der Waals surface area contributed by atoms with E-state index in [9.17, 15) is 9.90 Å². The van der Waals surface area contributed by atoms with Crippen LogP contribution in [0.3, 0.4) is 0 Å². The molecule has 3 heterocycles. The molecule has 0 radical (unpaired) electrons. The first-order valence-electron chi connectivity index (χ1n) is 10.7. The zero-order valence-electron chi connectivity index (χ0n) is 17.9. The van der Waals surface area contributed by atoms with Gasteiger partial charge in [-0.1, -0.05) is 11.6 Å². The first-order chi connectivity index (χ1) is 14.5. The van der Waals surface area contributed by atoms with Crippen molar-refractivity contribution in [1.82, 2.24) is 19.0 Å². The van der Waals surface area contributed by atoms with E-state index >= 15 is 0 Å². The molecule has 2 aromatic rings. The number of fused-ring (bicyclic) bond motifs is 1. The molecule has 0 aliphatic carbocycles. The number of ether oxygens (including phenoxy) is 1. The Labute approximate surface area is 177 Å². The van der Waals surface area contributed by atoms with Gasteiger partial charge in [-0.05, 0) is 45.5 Å². The van der Waals surface area contributed by atoms with Crippen LogP contribution in [0.2, 0.25) is 0 Å². The smallest absolute Gasteiger partial charge is 0.351 e. The highest BCUT2D eigenvalue weighted by molar-refractivity contribution is 6.03. The van der Waals surface area contributed by atoms with Crippen molar-refractivity contribution in [3.63, 3.8) is 0 Å². The molecule has 2 aliphatic heterocycles. The van der Waals surface area contributed by atoms with Crippen molar-refractivity contribution in [1.29, 1.82) is 0 Å². The highest BCUT2D eigenvalue weighted by atomic mass is 16.5. The van der Waals surface area contributed by atoms with Gasteiger partial charge in [0.05, 0.1) is 18.5 Å². The van der Waals surface area contributed by atoms with Crippen LogP contribution in [-0.2, 0) is 6.54 Å². The van der Waals surface area contributed by atoms with E-state index in [-0.39, 0.29) is 11.6 Å². The Balaban J connectivity index is 1.41. The SMILES string of the molecule is Cc1ccc2c(c1)/C(=N/n1cc(O)n(CCCCN3CCN(C)CC3)c1=O)CCO2. The van der Waals surface area contributed by atoms with Gasteiger partial charge in [-0.25, -0.2) is 4.79 Å². The number of rotatable bonds is 6. The fraction of sp³-hybridized carbons (Fsp3) is 0.545. The van der Waals surface area contributed by atoms with Crippen LogP contribution >= 0.6 is 0 Å². The molecule has 0 spiro atoms. The summed E-state index contributed by atoms with van der Waals surface area (Å²) in [7, 11) is 2.15.